The van der Waals surface area contributed by atoms with Crippen molar-refractivity contribution in [1.29, 1.82) is 0 Å². The Morgan fingerprint density at radius 3 is 2.61 bits per heavy atom. The molecule has 0 bridgehead atoms. The molecule has 0 fully saturated rings. The van der Waals surface area contributed by atoms with Crippen LogP contribution in [0.25, 0.3) is 5.69 Å². The lowest BCUT2D eigenvalue weighted by molar-refractivity contribution is 0.283. The summed E-state index contributed by atoms with van der Waals surface area (Å²) < 4.78 is 13.3. The van der Waals surface area contributed by atoms with Crippen molar-refractivity contribution in [3.63, 3.8) is 0 Å². The van der Waals surface area contributed by atoms with E-state index in [-0.39, 0.29) is 0 Å². The van der Waals surface area contributed by atoms with E-state index in [0.717, 1.165) is 46.7 Å². The fourth-order valence-electron chi connectivity index (χ4n) is 3.32. The summed E-state index contributed by atoms with van der Waals surface area (Å²) in [5.74, 6) is 2.33. The molecule has 8 heteroatoms. The van der Waals surface area contributed by atoms with Crippen LogP contribution in [0.4, 0.5) is 0 Å². The molecule has 0 spiro atoms. The number of methoxy groups -OCH3 is 1. The third-order valence-electron chi connectivity index (χ3n) is 5.15. The van der Waals surface area contributed by atoms with Gasteiger partial charge in [-0.25, -0.2) is 0 Å². The van der Waals surface area contributed by atoms with E-state index in [2.05, 4.69) is 46.0 Å². The Hall–Kier alpha value is -3.36. The summed E-state index contributed by atoms with van der Waals surface area (Å²) in [6.45, 7) is 4.16. The summed E-state index contributed by atoms with van der Waals surface area (Å²) in [5.41, 5.74) is 4.47. The van der Waals surface area contributed by atoms with E-state index < -0.39 is 0 Å². The number of hydrogen-bond donors (Lipinski definition) is 1. The van der Waals surface area contributed by atoms with E-state index >= 15 is 0 Å². The van der Waals surface area contributed by atoms with E-state index in [1.54, 1.807) is 23.6 Å². The van der Waals surface area contributed by atoms with Gasteiger partial charge in [0.2, 0.25) is 5.16 Å². The lowest BCUT2D eigenvalue weighted by Crippen LogP contribution is -2.17. The third-order valence-corrected chi connectivity index (χ3v) is 6.07. The van der Waals surface area contributed by atoms with Crippen LogP contribution >= 0.6 is 11.8 Å². The molecule has 170 valence electrons. The number of aryl methyl sites for hydroxylation is 1. The standard InChI is InChI=1S/C25H27N5O2S/c1-19-8-6-7-9-21(19)18-32-23-13-12-20(16-24(23)31-2)17-26-14-15-33-25-27-28-29-30(25)22-10-4-3-5-11-22/h3-13,16,26H,14-15,17-18H2,1-2H3. The van der Waals surface area contributed by atoms with E-state index in [9.17, 15) is 0 Å². The first-order chi connectivity index (χ1) is 16.2. The molecule has 0 aliphatic rings. The summed E-state index contributed by atoms with van der Waals surface area (Å²) in [7, 11) is 1.67. The molecular formula is C25H27N5O2S. The van der Waals surface area contributed by atoms with Gasteiger partial charge in [-0.1, -0.05) is 60.3 Å². The summed E-state index contributed by atoms with van der Waals surface area (Å²) in [6, 6.07) is 24.2. The Balaban J connectivity index is 1.25. The highest BCUT2D eigenvalue weighted by atomic mass is 32.2. The van der Waals surface area contributed by atoms with Crippen LogP contribution in [0.15, 0.2) is 78.0 Å². The number of thioether (sulfide) groups is 1. The third kappa shape index (κ3) is 6.12. The van der Waals surface area contributed by atoms with Gasteiger partial charge in [-0.05, 0) is 58.3 Å². The van der Waals surface area contributed by atoms with E-state index in [4.69, 9.17) is 9.47 Å². The molecule has 7 nitrogen and oxygen atoms in total. The SMILES string of the molecule is COc1cc(CNCCSc2nnnn2-c2ccccc2)ccc1OCc1ccccc1C. The van der Waals surface area contributed by atoms with Crippen molar-refractivity contribution in [3.05, 3.63) is 89.5 Å². The summed E-state index contributed by atoms with van der Waals surface area (Å²) >= 11 is 1.62. The molecule has 0 atom stereocenters. The Kier molecular flexibility index (Phi) is 7.94. The van der Waals surface area contributed by atoms with Gasteiger partial charge in [-0.15, -0.1) is 5.10 Å². The minimum Gasteiger partial charge on any atom is -0.493 e. The monoisotopic (exact) mass is 461 g/mol. The summed E-state index contributed by atoms with van der Waals surface area (Å²) in [5, 5.41) is 16.3. The lowest BCUT2D eigenvalue weighted by atomic mass is 10.1. The van der Waals surface area contributed by atoms with Crippen molar-refractivity contribution in [2.75, 3.05) is 19.4 Å². The minimum atomic E-state index is 0.514. The van der Waals surface area contributed by atoms with Crippen LogP contribution in [-0.4, -0.2) is 39.6 Å². The molecule has 4 aromatic rings. The highest BCUT2D eigenvalue weighted by molar-refractivity contribution is 7.99. The topological polar surface area (TPSA) is 74.1 Å². The zero-order chi connectivity index (χ0) is 22.9. The number of nitrogens with one attached hydrogen (secondary N) is 1. The Morgan fingerprint density at radius 2 is 1.79 bits per heavy atom. The van der Waals surface area contributed by atoms with Crippen LogP contribution in [0.5, 0.6) is 11.5 Å². The summed E-state index contributed by atoms with van der Waals surface area (Å²) in [6.07, 6.45) is 0. The van der Waals surface area contributed by atoms with E-state index in [1.807, 2.05) is 54.6 Å². The summed E-state index contributed by atoms with van der Waals surface area (Å²) in [4.78, 5) is 0. The second kappa shape index (κ2) is 11.5. The van der Waals surface area contributed by atoms with Gasteiger partial charge in [-0.2, -0.15) is 4.68 Å². The van der Waals surface area contributed by atoms with Gasteiger partial charge in [0.15, 0.2) is 11.5 Å². The molecule has 0 unspecified atom stereocenters. The van der Waals surface area contributed by atoms with Gasteiger partial charge in [0.25, 0.3) is 0 Å². The fourth-order valence-corrected chi connectivity index (χ4v) is 4.10. The largest absolute Gasteiger partial charge is 0.493 e. The van der Waals surface area contributed by atoms with Crippen LogP contribution in [0.1, 0.15) is 16.7 Å². The zero-order valence-corrected chi connectivity index (χ0v) is 19.6. The van der Waals surface area contributed by atoms with Crippen LogP contribution in [-0.2, 0) is 13.2 Å². The molecule has 0 saturated carbocycles. The van der Waals surface area contributed by atoms with Crippen molar-refractivity contribution in [2.45, 2.75) is 25.2 Å². The number of ether oxygens (including phenoxy) is 2. The molecule has 0 radical (unpaired) electrons. The molecule has 1 aromatic heterocycles. The number of aromatic nitrogens is 4. The molecule has 0 amide bonds. The molecule has 0 saturated heterocycles. The van der Waals surface area contributed by atoms with Gasteiger partial charge < -0.3 is 14.8 Å². The number of hydrogen-bond acceptors (Lipinski definition) is 7. The Bertz CT molecular complexity index is 1170. The van der Waals surface area contributed by atoms with Gasteiger partial charge in [-0.3, -0.25) is 0 Å². The van der Waals surface area contributed by atoms with Crippen molar-refractivity contribution >= 4 is 11.8 Å². The predicted octanol–water partition coefficient (Wildman–Crippen LogP) is 4.44. The number of benzene rings is 3. The lowest BCUT2D eigenvalue weighted by Gasteiger charge is -2.13. The van der Waals surface area contributed by atoms with Crippen LogP contribution in [0, 0.1) is 6.92 Å². The number of nitrogens with zero attached hydrogens (tertiary/aromatic N) is 4. The molecule has 33 heavy (non-hydrogen) atoms. The average Bonchev–Trinajstić information content (AvgIpc) is 3.33. The maximum Gasteiger partial charge on any atom is 0.214 e. The van der Waals surface area contributed by atoms with Gasteiger partial charge in [0, 0.05) is 18.8 Å². The molecule has 0 aliphatic carbocycles. The Labute approximate surface area is 198 Å². The van der Waals surface area contributed by atoms with Crippen LogP contribution < -0.4 is 14.8 Å². The normalized spacial score (nSPS) is 10.8. The first kappa shape index (κ1) is 22.8. The van der Waals surface area contributed by atoms with Gasteiger partial charge in [0.1, 0.15) is 6.61 Å². The fraction of sp³-hybridized carbons (Fsp3) is 0.240. The quantitative estimate of drug-likeness (QED) is 0.261. The zero-order valence-electron chi connectivity index (χ0n) is 18.8. The smallest absolute Gasteiger partial charge is 0.214 e. The molecule has 1 N–H and O–H groups in total. The number of tetrazole rings is 1. The molecule has 4 rings (SSSR count). The molecule has 0 aliphatic heterocycles. The van der Waals surface area contributed by atoms with Crippen molar-refractivity contribution in [1.82, 2.24) is 25.5 Å². The van der Waals surface area contributed by atoms with Crippen LogP contribution in [0.2, 0.25) is 0 Å². The first-order valence-corrected chi connectivity index (χ1v) is 11.7. The first-order valence-electron chi connectivity index (χ1n) is 10.8. The Morgan fingerprint density at radius 1 is 0.970 bits per heavy atom. The van der Waals surface area contributed by atoms with E-state index in [1.165, 1.54) is 11.1 Å². The van der Waals surface area contributed by atoms with Gasteiger partial charge in [0.05, 0.1) is 12.8 Å². The second-order valence-corrected chi connectivity index (χ2v) is 8.50. The number of para-hydroxylation sites is 1. The maximum absolute atomic E-state index is 6.01. The highest BCUT2D eigenvalue weighted by Crippen LogP contribution is 2.29. The van der Waals surface area contributed by atoms with Crippen molar-refractivity contribution in [3.8, 4) is 17.2 Å². The van der Waals surface area contributed by atoms with Crippen molar-refractivity contribution in [2.24, 2.45) is 0 Å². The average molecular weight is 462 g/mol. The van der Waals surface area contributed by atoms with Crippen LogP contribution in [0.3, 0.4) is 0 Å². The second-order valence-electron chi connectivity index (χ2n) is 7.43. The predicted molar refractivity (Wildman–Crippen MR) is 130 cm³/mol. The van der Waals surface area contributed by atoms with Gasteiger partial charge >= 0.3 is 0 Å². The number of rotatable bonds is 11. The van der Waals surface area contributed by atoms with E-state index in [0.29, 0.717) is 6.61 Å². The minimum absolute atomic E-state index is 0.514. The van der Waals surface area contributed by atoms with Crippen molar-refractivity contribution < 1.29 is 9.47 Å². The maximum atomic E-state index is 6.01. The molecular weight excluding hydrogens is 434 g/mol. The molecule has 3 aromatic carbocycles. The highest BCUT2D eigenvalue weighted by Gasteiger charge is 2.09. The molecule has 1 heterocycles.